The highest BCUT2D eigenvalue weighted by Gasteiger charge is 2.29. The number of hydrogen-bond donors (Lipinski definition) is 1. The van der Waals surface area contributed by atoms with Crippen LogP contribution in [0, 0.1) is 13.8 Å². The van der Waals surface area contributed by atoms with E-state index in [4.69, 9.17) is 5.10 Å². The van der Waals surface area contributed by atoms with Gasteiger partial charge in [0.25, 0.3) is 5.91 Å². The van der Waals surface area contributed by atoms with Gasteiger partial charge in [-0.25, -0.2) is 9.67 Å². The number of aryl methyl sites for hydroxylation is 2. The van der Waals surface area contributed by atoms with Crippen molar-refractivity contribution in [3.05, 3.63) is 82.5 Å². The number of hydrogen-bond acceptors (Lipinski definition) is 4. The molecule has 30 heavy (non-hydrogen) atoms. The number of para-hydroxylation sites is 1. The summed E-state index contributed by atoms with van der Waals surface area (Å²) in [5.41, 5.74) is 6.73. The summed E-state index contributed by atoms with van der Waals surface area (Å²) in [5, 5.41) is 10.3. The van der Waals surface area contributed by atoms with E-state index < -0.39 is 0 Å². The Kier molecular flexibility index (Phi) is 4.71. The largest absolute Gasteiger partial charge is 0.296 e. The monoisotopic (exact) mass is 414 g/mol. The van der Waals surface area contributed by atoms with Crippen molar-refractivity contribution in [1.29, 1.82) is 0 Å². The third kappa shape index (κ3) is 3.66. The molecule has 5 rings (SSSR count). The first kappa shape index (κ1) is 18.8. The Morgan fingerprint density at radius 3 is 2.67 bits per heavy atom. The van der Waals surface area contributed by atoms with Gasteiger partial charge in [0.15, 0.2) is 5.13 Å². The van der Waals surface area contributed by atoms with Crippen molar-refractivity contribution in [3.63, 3.8) is 0 Å². The second-order valence-electron chi connectivity index (χ2n) is 7.79. The molecular formula is C24H22N4OS. The Morgan fingerprint density at radius 1 is 1.10 bits per heavy atom. The lowest BCUT2D eigenvalue weighted by molar-refractivity contribution is 0.101. The fraction of sp³-hybridized carbons (Fsp3) is 0.208. The lowest BCUT2D eigenvalue weighted by atomic mass is 10.0. The van der Waals surface area contributed by atoms with Crippen LogP contribution in [0.1, 0.15) is 46.1 Å². The van der Waals surface area contributed by atoms with Gasteiger partial charge in [-0.05, 0) is 56.5 Å². The van der Waals surface area contributed by atoms with Crippen LogP contribution in [0.25, 0.3) is 16.9 Å². The molecule has 5 nitrogen and oxygen atoms in total. The minimum atomic E-state index is -0.194. The first-order valence-corrected chi connectivity index (χ1v) is 11.0. The van der Waals surface area contributed by atoms with Crippen LogP contribution in [0.3, 0.4) is 0 Å². The molecule has 2 aromatic carbocycles. The Labute approximate surface area is 179 Å². The van der Waals surface area contributed by atoms with E-state index in [-0.39, 0.29) is 5.91 Å². The average molecular weight is 415 g/mol. The van der Waals surface area contributed by atoms with Gasteiger partial charge in [0, 0.05) is 16.9 Å². The maximum Gasteiger partial charge on any atom is 0.276 e. The highest BCUT2D eigenvalue weighted by atomic mass is 32.1. The minimum absolute atomic E-state index is 0.194. The van der Waals surface area contributed by atoms with Crippen LogP contribution < -0.4 is 5.32 Å². The molecule has 2 aromatic heterocycles. The molecule has 2 heterocycles. The molecule has 0 spiro atoms. The molecule has 0 bridgehead atoms. The highest BCUT2D eigenvalue weighted by Crippen LogP contribution is 2.40. The van der Waals surface area contributed by atoms with E-state index in [1.54, 1.807) is 4.68 Å². The third-order valence-corrected chi connectivity index (χ3v) is 6.11. The Morgan fingerprint density at radius 2 is 1.90 bits per heavy atom. The van der Waals surface area contributed by atoms with E-state index in [0.717, 1.165) is 35.5 Å². The number of benzene rings is 2. The zero-order valence-electron chi connectivity index (χ0n) is 16.9. The molecule has 1 amide bonds. The quantitative estimate of drug-likeness (QED) is 0.453. The third-order valence-electron chi connectivity index (χ3n) is 5.35. The number of thiazole rings is 1. The van der Waals surface area contributed by atoms with Crippen molar-refractivity contribution < 1.29 is 4.79 Å². The summed E-state index contributed by atoms with van der Waals surface area (Å²) in [4.78, 5) is 17.8. The van der Waals surface area contributed by atoms with Gasteiger partial charge in [0.05, 0.1) is 17.1 Å². The van der Waals surface area contributed by atoms with Gasteiger partial charge >= 0.3 is 0 Å². The number of nitrogens with zero attached hydrogens (tertiary/aromatic N) is 3. The van der Waals surface area contributed by atoms with Crippen LogP contribution in [0.4, 0.5) is 5.13 Å². The number of carbonyl (C=O) groups excluding carboxylic acids is 1. The summed E-state index contributed by atoms with van der Waals surface area (Å²) in [7, 11) is 0. The van der Waals surface area contributed by atoms with Gasteiger partial charge in [-0.15, -0.1) is 11.3 Å². The molecule has 1 aliphatic carbocycles. The van der Waals surface area contributed by atoms with Crippen molar-refractivity contribution in [2.45, 2.75) is 32.6 Å². The Hall–Kier alpha value is -3.25. The minimum Gasteiger partial charge on any atom is -0.296 e. The smallest absolute Gasteiger partial charge is 0.276 e. The highest BCUT2D eigenvalue weighted by molar-refractivity contribution is 7.14. The fourth-order valence-corrected chi connectivity index (χ4v) is 4.24. The summed E-state index contributed by atoms with van der Waals surface area (Å²) in [6, 6.07) is 18.0. The summed E-state index contributed by atoms with van der Waals surface area (Å²) in [6.45, 7) is 4.14. The Bertz CT molecular complexity index is 1220. The van der Waals surface area contributed by atoms with Crippen molar-refractivity contribution in [1.82, 2.24) is 14.8 Å². The predicted molar refractivity (Wildman–Crippen MR) is 121 cm³/mol. The molecule has 1 fully saturated rings. The van der Waals surface area contributed by atoms with E-state index in [0.29, 0.717) is 16.7 Å². The van der Waals surface area contributed by atoms with E-state index >= 15 is 0 Å². The molecule has 0 radical (unpaired) electrons. The van der Waals surface area contributed by atoms with E-state index in [1.807, 2.05) is 41.8 Å². The molecule has 0 unspecified atom stereocenters. The van der Waals surface area contributed by atoms with Gasteiger partial charge < -0.3 is 0 Å². The molecule has 0 atom stereocenters. The first-order valence-electron chi connectivity index (χ1n) is 10.1. The van der Waals surface area contributed by atoms with Gasteiger partial charge in [0.1, 0.15) is 5.69 Å². The fourth-order valence-electron chi connectivity index (χ4n) is 3.53. The number of carbonyl (C=O) groups is 1. The standard InChI is InChI=1S/C24H22N4OS/c1-15-8-9-16(2)19(12-15)21-14-30-24(25-21)26-23(29)22-13-20(17-10-11-17)27-28(22)18-6-4-3-5-7-18/h3-9,12-14,17H,10-11H2,1-2H3,(H,25,26,29). The summed E-state index contributed by atoms with van der Waals surface area (Å²) < 4.78 is 1.74. The van der Waals surface area contributed by atoms with Gasteiger partial charge in [0.2, 0.25) is 0 Å². The van der Waals surface area contributed by atoms with Crippen LogP contribution in [-0.4, -0.2) is 20.7 Å². The number of amides is 1. The summed E-state index contributed by atoms with van der Waals surface area (Å²) >= 11 is 1.44. The van der Waals surface area contributed by atoms with Gasteiger partial charge in [-0.1, -0.05) is 35.9 Å². The molecule has 1 aliphatic rings. The molecule has 150 valence electrons. The van der Waals surface area contributed by atoms with E-state index in [1.165, 1.54) is 22.5 Å². The Balaban J connectivity index is 1.44. The van der Waals surface area contributed by atoms with Crippen LogP contribution in [0.2, 0.25) is 0 Å². The van der Waals surface area contributed by atoms with Crippen molar-refractivity contribution in [3.8, 4) is 16.9 Å². The molecule has 0 saturated heterocycles. The predicted octanol–water partition coefficient (Wildman–Crippen LogP) is 5.74. The molecule has 6 heteroatoms. The number of anilines is 1. The van der Waals surface area contributed by atoms with E-state index in [9.17, 15) is 4.79 Å². The molecule has 4 aromatic rings. The van der Waals surface area contributed by atoms with Crippen LogP contribution in [-0.2, 0) is 0 Å². The maximum atomic E-state index is 13.1. The normalized spacial score (nSPS) is 13.4. The lowest BCUT2D eigenvalue weighted by Crippen LogP contribution is -2.16. The van der Waals surface area contributed by atoms with E-state index in [2.05, 4.69) is 42.3 Å². The van der Waals surface area contributed by atoms with Gasteiger partial charge in [-0.3, -0.25) is 10.1 Å². The first-order chi connectivity index (χ1) is 14.6. The van der Waals surface area contributed by atoms with Crippen molar-refractivity contribution in [2.24, 2.45) is 0 Å². The zero-order valence-corrected chi connectivity index (χ0v) is 17.7. The molecular weight excluding hydrogens is 392 g/mol. The summed E-state index contributed by atoms with van der Waals surface area (Å²) in [6.07, 6.45) is 2.27. The lowest BCUT2D eigenvalue weighted by Gasteiger charge is -2.07. The second-order valence-corrected chi connectivity index (χ2v) is 8.64. The summed E-state index contributed by atoms with van der Waals surface area (Å²) in [5.74, 6) is 0.275. The maximum absolute atomic E-state index is 13.1. The topological polar surface area (TPSA) is 59.8 Å². The zero-order chi connectivity index (χ0) is 20.7. The molecule has 1 saturated carbocycles. The second kappa shape index (κ2) is 7.54. The number of aromatic nitrogens is 3. The van der Waals surface area contributed by atoms with Crippen LogP contribution in [0.15, 0.2) is 60.0 Å². The average Bonchev–Trinajstić information content (AvgIpc) is 3.34. The SMILES string of the molecule is Cc1ccc(C)c(-c2csc(NC(=O)c3cc(C4CC4)nn3-c3ccccc3)n2)c1. The molecule has 1 N–H and O–H groups in total. The van der Waals surface area contributed by atoms with Crippen molar-refractivity contribution in [2.75, 3.05) is 5.32 Å². The van der Waals surface area contributed by atoms with Crippen LogP contribution in [0.5, 0.6) is 0 Å². The van der Waals surface area contributed by atoms with Crippen molar-refractivity contribution >= 4 is 22.4 Å². The number of rotatable bonds is 5. The molecule has 0 aliphatic heterocycles. The van der Waals surface area contributed by atoms with Crippen LogP contribution >= 0.6 is 11.3 Å². The van der Waals surface area contributed by atoms with Gasteiger partial charge in [-0.2, -0.15) is 5.10 Å². The number of nitrogens with one attached hydrogen (secondary N) is 1.